The van der Waals surface area contributed by atoms with Crippen LogP contribution < -0.4 is 10.1 Å². The predicted octanol–water partition coefficient (Wildman–Crippen LogP) is 3.17. The van der Waals surface area contributed by atoms with Crippen LogP contribution in [0.1, 0.15) is 31.4 Å². The molecule has 0 aliphatic carbocycles. The molecule has 1 N–H and O–H groups in total. The first-order valence-corrected chi connectivity index (χ1v) is 8.86. The van der Waals surface area contributed by atoms with Crippen LogP contribution >= 0.6 is 0 Å². The van der Waals surface area contributed by atoms with E-state index in [1.54, 1.807) is 0 Å². The molecule has 0 aromatic heterocycles. The third-order valence-electron chi connectivity index (χ3n) is 3.88. The Hall–Kier alpha value is -3.42. The molecule has 0 aliphatic heterocycles. The third kappa shape index (κ3) is 6.71. The van der Waals surface area contributed by atoms with Gasteiger partial charge >= 0.3 is 5.97 Å². The van der Waals surface area contributed by atoms with E-state index in [0.717, 1.165) is 18.4 Å². The van der Waals surface area contributed by atoms with Crippen LogP contribution in [-0.4, -0.2) is 30.0 Å². The molecule has 0 aliphatic rings. The summed E-state index contributed by atoms with van der Waals surface area (Å²) in [5, 5.41) is 13.4. The number of esters is 1. The molecule has 8 nitrogen and oxygen atoms in total. The highest BCUT2D eigenvalue weighted by molar-refractivity contribution is 5.81. The molecular weight excluding hydrogens is 364 g/mol. The zero-order chi connectivity index (χ0) is 20.4. The number of carbonyl (C=O) groups excluding carboxylic acids is 2. The summed E-state index contributed by atoms with van der Waals surface area (Å²) in [6.45, 7) is 1.22. The Kier molecular flexibility index (Phi) is 7.95. The number of non-ortho nitro benzene ring substituents is 1. The SMILES string of the molecule is CCC[C@@H](NC(=O)COC(=O)COc1ccc([N+](=O)[O-])cc1)c1ccccc1. The second-order valence-corrected chi connectivity index (χ2v) is 6.02. The second kappa shape index (κ2) is 10.7. The minimum Gasteiger partial charge on any atom is -0.482 e. The van der Waals surface area contributed by atoms with Gasteiger partial charge in [0.15, 0.2) is 13.2 Å². The molecule has 0 saturated carbocycles. The van der Waals surface area contributed by atoms with E-state index in [1.165, 1.54) is 24.3 Å². The van der Waals surface area contributed by atoms with Crippen molar-refractivity contribution in [2.75, 3.05) is 13.2 Å². The number of amides is 1. The fraction of sp³-hybridized carbons (Fsp3) is 0.300. The van der Waals surface area contributed by atoms with Gasteiger partial charge in [0.2, 0.25) is 0 Å². The molecule has 0 unspecified atom stereocenters. The highest BCUT2D eigenvalue weighted by Gasteiger charge is 2.15. The van der Waals surface area contributed by atoms with Crippen molar-refractivity contribution in [2.45, 2.75) is 25.8 Å². The van der Waals surface area contributed by atoms with Crippen molar-refractivity contribution < 1.29 is 24.0 Å². The van der Waals surface area contributed by atoms with E-state index in [-0.39, 0.29) is 11.7 Å². The number of nitrogens with one attached hydrogen (secondary N) is 1. The summed E-state index contributed by atoms with van der Waals surface area (Å²) < 4.78 is 10.1. The topological polar surface area (TPSA) is 108 Å². The lowest BCUT2D eigenvalue weighted by atomic mass is 10.0. The van der Waals surface area contributed by atoms with Gasteiger partial charge in [0, 0.05) is 12.1 Å². The molecule has 0 heterocycles. The van der Waals surface area contributed by atoms with E-state index in [0.29, 0.717) is 5.75 Å². The van der Waals surface area contributed by atoms with Crippen LogP contribution in [0.4, 0.5) is 5.69 Å². The monoisotopic (exact) mass is 386 g/mol. The summed E-state index contributed by atoms with van der Waals surface area (Å²) in [5.74, 6) is -0.815. The molecule has 1 atom stereocenters. The van der Waals surface area contributed by atoms with Gasteiger partial charge in [-0.3, -0.25) is 14.9 Å². The van der Waals surface area contributed by atoms with Gasteiger partial charge in [0.05, 0.1) is 11.0 Å². The minimum absolute atomic E-state index is 0.0772. The Morgan fingerprint density at radius 2 is 1.75 bits per heavy atom. The summed E-state index contributed by atoms with van der Waals surface area (Å²) in [6, 6.07) is 14.7. The van der Waals surface area contributed by atoms with Gasteiger partial charge in [-0.25, -0.2) is 4.79 Å². The lowest BCUT2D eigenvalue weighted by Gasteiger charge is -2.18. The molecule has 148 valence electrons. The summed E-state index contributed by atoms with van der Waals surface area (Å²) in [7, 11) is 0. The summed E-state index contributed by atoms with van der Waals surface area (Å²) in [5.41, 5.74) is 0.914. The van der Waals surface area contributed by atoms with Crippen molar-refractivity contribution in [3.8, 4) is 5.75 Å². The van der Waals surface area contributed by atoms with E-state index in [9.17, 15) is 19.7 Å². The van der Waals surface area contributed by atoms with E-state index < -0.39 is 30.0 Å². The Morgan fingerprint density at radius 1 is 1.07 bits per heavy atom. The van der Waals surface area contributed by atoms with E-state index >= 15 is 0 Å². The third-order valence-corrected chi connectivity index (χ3v) is 3.88. The van der Waals surface area contributed by atoms with Crippen LogP contribution in [0.5, 0.6) is 5.75 Å². The molecule has 0 spiro atoms. The Labute approximate surface area is 162 Å². The number of hydrogen-bond donors (Lipinski definition) is 1. The number of nitro groups is 1. The number of nitro benzene ring substituents is 1. The first-order valence-electron chi connectivity index (χ1n) is 8.86. The first-order chi connectivity index (χ1) is 13.5. The van der Waals surface area contributed by atoms with Crippen molar-refractivity contribution in [2.24, 2.45) is 0 Å². The van der Waals surface area contributed by atoms with Crippen molar-refractivity contribution >= 4 is 17.6 Å². The number of carbonyl (C=O) groups is 2. The average molecular weight is 386 g/mol. The van der Waals surface area contributed by atoms with Crippen LogP contribution in [0.25, 0.3) is 0 Å². The van der Waals surface area contributed by atoms with Crippen molar-refractivity contribution in [3.63, 3.8) is 0 Å². The molecule has 0 fully saturated rings. The van der Waals surface area contributed by atoms with Crippen LogP contribution in [-0.2, 0) is 14.3 Å². The zero-order valence-electron chi connectivity index (χ0n) is 15.5. The van der Waals surface area contributed by atoms with E-state index in [2.05, 4.69) is 5.32 Å². The van der Waals surface area contributed by atoms with E-state index in [4.69, 9.17) is 9.47 Å². The highest BCUT2D eigenvalue weighted by Crippen LogP contribution is 2.18. The number of hydrogen-bond acceptors (Lipinski definition) is 6. The molecule has 2 aromatic rings. The maximum Gasteiger partial charge on any atom is 0.344 e. The summed E-state index contributed by atoms with van der Waals surface area (Å²) in [4.78, 5) is 33.9. The van der Waals surface area contributed by atoms with Gasteiger partial charge in [-0.2, -0.15) is 0 Å². The Morgan fingerprint density at radius 3 is 2.36 bits per heavy atom. The quantitative estimate of drug-likeness (QED) is 0.382. The summed E-state index contributed by atoms with van der Waals surface area (Å²) in [6.07, 6.45) is 1.66. The fourth-order valence-electron chi connectivity index (χ4n) is 2.53. The van der Waals surface area contributed by atoms with Crippen molar-refractivity contribution in [1.82, 2.24) is 5.32 Å². The van der Waals surface area contributed by atoms with Crippen LogP contribution in [0, 0.1) is 10.1 Å². The van der Waals surface area contributed by atoms with Crippen LogP contribution in [0.3, 0.4) is 0 Å². The molecule has 28 heavy (non-hydrogen) atoms. The first kappa shape index (κ1) is 20.9. The lowest BCUT2D eigenvalue weighted by molar-refractivity contribution is -0.384. The van der Waals surface area contributed by atoms with Gasteiger partial charge in [-0.1, -0.05) is 43.7 Å². The standard InChI is InChI=1S/C20H22N2O6/c1-2-6-18(15-7-4-3-5-8-15)21-19(23)13-28-20(24)14-27-17-11-9-16(10-12-17)22(25)26/h3-5,7-12,18H,2,6,13-14H2,1H3,(H,21,23)/t18-/m1/s1. The lowest BCUT2D eigenvalue weighted by Crippen LogP contribution is -2.33. The second-order valence-electron chi connectivity index (χ2n) is 6.02. The number of rotatable bonds is 10. The molecular formula is C20H22N2O6. The fourth-order valence-corrected chi connectivity index (χ4v) is 2.53. The van der Waals surface area contributed by atoms with Crippen molar-refractivity contribution in [3.05, 3.63) is 70.3 Å². The van der Waals surface area contributed by atoms with Gasteiger partial charge in [0.1, 0.15) is 5.75 Å². The molecule has 1 amide bonds. The number of nitrogens with zero attached hydrogens (tertiary/aromatic N) is 1. The van der Waals surface area contributed by atoms with Gasteiger partial charge in [-0.05, 0) is 24.1 Å². The minimum atomic E-state index is -0.708. The largest absolute Gasteiger partial charge is 0.482 e. The molecule has 2 aromatic carbocycles. The van der Waals surface area contributed by atoms with Gasteiger partial charge < -0.3 is 14.8 Å². The normalized spacial score (nSPS) is 11.3. The average Bonchev–Trinajstić information content (AvgIpc) is 2.71. The predicted molar refractivity (Wildman–Crippen MR) is 102 cm³/mol. The zero-order valence-corrected chi connectivity index (χ0v) is 15.5. The number of benzene rings is 2. The Bertz CT molecular complexity index is 792. The smallest absolute Gasteiger partial charge is 0.344 e. The molecule has 0 saturated heterocycles. The van der Waals surface area contributed by atoms with Crippen molar-refractivity contribution in [1.29, 1.82) is 0 Å². The maximum absolute atomic E-state index is 12.1. The van der Waals surface area contributed by atoms with Gasteiger partial charge in [0.25, 0.3) is 11.6 Å². The maximum atomic E-state index is 12.1. The molecule has 8 heteroatoms. The summed E-state index contributed by atoms with van der Waals surface area (Å²) >= 11 is 0. The number of ether oxygens (including phenoxy) is 2. The van der Waals surface area contributed by atoms with E-state index in [1.807, 2.05) is 37.3 Å². The molecule has 0 bridgehead atoms. The van der Waals surface area contributed by atoms with Crippen LogP contribution in [0.2, 0.25) is 0 Å². The van der Waals surface area contributed by atoms with Crippen LogP contribution in [0.15, 0.2) is 54.6 Å². The Balaban J connectivity index is 1.76. The van der Waals surface area contributed by atoms with Gasteiger partial charge in [-0.15, -0.1) is 0 Å². The molecule has 0 radical (unpaired) electrons. The highest BCUT2D eigenvalue weighted by atomic mass is 16.6. The molecule has 2 rings (SSSR count).